The van der Waals surface area contributed by atoms with Gasteiger partial charge in [0.1, 0.15) is 0 Å². The molecule has 0 radical (unpaired) electrons. The average molecular weight is 272 g/mol. The maximum atomic E-state index is 10.6. The third-order valence-electron chi connectivity index (χ3n) is 1.38. The first-order chi connectivity index (χ1) is 5.68. The van der Waals surface area contributed by atoms with Gasteiger partial charge in [-0.05, 0) is 53.3 Å². The SMILES string of the molecule is CC(=O)/C=C/c1ccc(I)cc1. The van der Waals surface area contributed by atoms with E-state index in [0.717, 1.165) is 5.56 Å². The van der Waals surface area contributed by atoms with Crippen LogP contribution in [-0.2, 0) is 4.79 Å². The van der Waals surface area contributed by atoms with Gasteiger partial charge in [0, 0.05) is 3.57 Å². The van der Waals surface area contributed by atoms with Crippen LogP contribution in [0.2, 0.25) is 0 Å². The van der Waals surface area contributed by atoms with Crippen molar-refractivity contribution in [3.8, 4) is 0 Å². The summed E-state index contributed by atoms with van der Waals surface area (Å²) in [5, 5.41) is 0. The summed E-state index contributed by atoms with van der Waals surface area (Å²) in [4.78, 5) is 10.6. The van der Waals surface area contributed by atoms with Crippen molar-refractivity contribution in [3.05, 3.63) is 39.5 Å². The molecule has 0 heterocycles. The fourth-order valence-electron chi connectivity index (χ4n) is 0.787. The van der Waals surface area contributed by atoms with Crippen molar-refractivity contribution < 1.29 is 4.79 Å². The van der Waals surface area contributed by atoms with E-state index >= 15 is 0 Å². The van der Waals surface area contributed by atoms with Crippen molar-refractivity contribution in [1.29, 1.82) is 0 Å². The van der Waals surface area contributed by atoms with E-state index in [9.17, 15) is 4.79 Å². The van der Waals surface area contributed by atoms with E-state index in [1.54, 1.807) is 13.0 Å². The van der Waals surface area contributed by atoms with Gasteiger partial charge in [0.25, 0.3) is 0 Å². The van der Waals surface area contributed by atoms with E-state index in [-0.39, 0.29) is 5.78 Å². The lowest BCUT2D eigenvalue weighted by Gasteiger charge is -1.91. The Morgan fingerprint density at radius 2 is 1.92 bits per heavy atom. The molecule has 0 spiro atoms. The predicted octanol–water partition coefficient (Wildman–Crippen LogP) is 2.89. The first-order valence-corrected chi connectivity index (χ1v) is 4.70. The third-order valence-corrected chi connectivity index (χ3v) is 2.10. The lowest BCUT2D eigenvalue weighted by Crippen LogP contribution is -1.80. The normalized spacial score (nSPS) is 10.5. The molecule has 0 aliphatic carbocycles. The Bertz CT molecular complexity index is 298. The molecule has 1 nitrogen and oxygen atoms in total. The van der Waals surface area contributed by atoms with Crippen LogP contribution in [-0.4, -0.2) is 5.78 Å². The number of rotatable bonds is 2. The maximum absolute atomic E-state index is 10.6. The Balaban J connectivity index is 2.77. The quantitative estimate of drug-likeness (QED) is 0.597. The zero-order chi connectivity index (χ0) is 8.97. The summed E-state index contributed by atoms with van der Waals surface area (Å²) in [6.07, 6.45) is 3.39. The Labute approximate surface area is 85.6 Å². The largest absolute Gasteiger partial charge is 0.295 e. The molecule has 2 heteroatoms. The molecule has 1 aromatic carbocycles. The van der Waals surface area contributed by atoms with Crippen LogP contribution in [0.25, 0.3) is 6.08 Å². The van der Waals surface area contributed by atoms with Crippen LogP contribution in [0.3, 0.4) is 0 Å². The summed E-state index contributed by atoms with van der Waals surface area (Å²) < 4.78 is 1.20. The second kappa shape index (κ2) is 4.40. The average Bonchev–Trinajstić information content (AvgIpc) is 2.03. The number of carbonyl (C=O) groups excluding carboxylic acids is 1. The number of benzene rings is 1. The monoisotopic (exact) mass is 272 g/mol. The summed E-state index contributed by atoms with van der Waals surface area (Å²) in [5.41, 5.74) is 1.06. The lowest BCUT2D eigenvalue weighted by molar-refractivity contribution is -0.112. The Hall–Kier alpha value is -0.640. The minimum Gasteiger partial charge on any atom is -0.295 e. The van der Waals surface area contributed by atoms with E-state index in [2.05, 4.69) is 22.6 Å². The van der Waals surface area contributed by atoms with Crippen LogP contribution in [0.1, 0.15) is 12.5 Å². The number of carbonyl (C=O) groups is 1. The molecule has 0 aromatic heterocycles. The van der Waals surface area contributed by atoms with Gasteiger partial charge in [-0.1, -0.05) is 18.2 Å². The van der Waals surface area contributed by atoms with Gasteiger partial charge in [-0.15, -0.1) is 0 Å². The van der Waals surface area contributed by atoms with Crippen LogP contribution in [0, 0.1) is 3.57 Å². The topological polar surface area (TPSA) is 17.1 Å². The molecule has 0 aliphatic heterocycles. The molecule has 1 rings (SSSR count). The van der Waals surface area contributed by atoms with Gasteiger partial charge in [0.05, 0.1) is 0 Å². The number of halogens is 1. The molecule has 0 unspecified atom stereocenters. The van der Waals surface area contributed by atoms with Crippen LogP contribution in [0.5, 0.6) is 0 Å². The van der Waals surface area contributed by atoms with Gasteiger partial charge in [0.2, 0.25) is 0 Å². The van der Waals surface area contributed by atoms with Crippen LogP contribution < -0.4 is 0 Å². The molecule has 62 valence electrons. The van der Waals surface area contributed by atoms with Gasteiger partial charge in [-0.3, -0.25) is 4.79 Å². The molecule has 1 aromatic rings. The summed E-state index contributed by atoms with van der Waals surface area (Å²) >= 11 is 2.25. The smallest absolute Gasteiger partial charge is 0.152 e. The molecule has 12 heavy (non-hydrogen) atoms. The highest BCUT2D eigenvalue weighted by molar-refractivity contribution is 14.1. The third kappa shape index (κ3) is 3.17. The molecule has 0 saturated carbocycles. The summed E-state index contributed by atoms with van der Waals surface area (Å²) in [6, 6.07) is 8.00. The van der Waals surface area contributed by atoms with Gasteiger partial charge in [-0.25, -0.2) is 0 Å². The second-order valence-electron chi connectivity index (χ2n) is 2.50. The maximum Gasteiger partial charge on any atom is 0.152 e. The lowest BCUT2D eigenvalue weighted by atomic mass is 10.2. The Kier molecular flexibility index (Phi) is 3.47. The van der Waals surface area contributed by atoms with Crippen molar-refractivity contribution in [1.82, 2.24) is 0 Å². The van der Waals surface area contributed by atoms with E-state index in [1.807, 2.05) is 30.3 Å². The standard InChI is InChI=1S/C10H9IO/c1-8(12)2-3-9-4-6-10(11)7-5-9/h2-7H,1H3/b3-2+. The summed E-state index contributed by atoms with van der Waals surface area (Å²) in [7, 11) is 0. The first kappa shape index (κ1) is 9.45. The van der Waals surface area contributed by atoms with Gasteiger partial charge in [0.15, 0.2) is 5.78 Å². The number of ketones is 1. The first-order valence-electron chi connectivity index (χ1n) is 3.63. The van der Waals surface area contributed by atoms with Gasteiger partial charge in [-0.2, -0.15) is 0 Å². The molecular formula is C10H9IO. The minimum absolute atomic E-state index is 0.0774. The van der Waals surface area contributed by atoms with E-state index in [0.29, 0.717) is 0 Å². The van der Waals surface area contributed by atoms with Crippen molar-refractivity contribution in [3.63, 3.8) is 0 Å². The molecular weight excluding hydrogens is 263 g/mol. The summed E-state index contributed by atoms with van der Waals surface area (Å²) in [6.45, 7) is 1.54. The zero-order valence-electron chi connectivity index (χ0n) is 6.75. The molecule has 0 N–H and O–H groups in total. The van der Waals surface area contributed by atoms with Crippen LogP contribution in [0.15, 0.2) is 30.3 Å². The molecule has 0 aliphatic rings. The Morgan fingerprint density at radius 1 is 1.33 bits per heavy atom. The highest BCUT2D eigenvalue weighted by Crippen LogP contribution is 2.07. The van der Waals surface area contributed by atoms with E-state index in [1.165, 1.54) is 3.57 Å². The van der Waals surface area contributed by atoms with Crippen molar-refractivity contribution >= 4 is 34.5 Å². The number of hydrogen-bond acceptors (Lipinski definition) is 1. The van der Waals surface area contributed by atoms with E-state index < -0.39 is 0 Å². The highest BCUT2D eigenvalue weighted by atomic mass is 127. The van der Waals surface area contributed by atoms with Gasteiger partial charge < -0.3 is 0 Å². The molecule has 0 saturated heterocycles. The van der Waals surface area contributed by atoms with Crippen molar-refractivity contribution in [2.75, 3.05) is 0 Å². The second-order valence-corrected chi connectivity index (χ2v) is 3.74. The Morgan fingerprint density at radius 3 is 2.42 bits per heavy atom. The van der Waals surface area contributed by atoms with Crippen LogP contribution >= 0.6 is 22.6 Å². The van der Waals surface area contributed by atoms with Crippen LogP contribution in [0.4, 0.5) is 0 Å². The van der Waals surface area contributed by atoms with Crippen molar-refractivity contribution in [2.24, 2.45) is 0 Å². The summed E-state index contributed by atoms with van der Waals surface area (Å²) in [5.74, 6) is 0.0774. The number of hydrogen-bond donors (Lipinski definition) is 0. The number of allylic oxidation sites excluding steroid dienone is 1. The van der Waals surface area contributed by atoms with E-state index in [4.69, 9.17) is 0 Å². The molecule has 0 atom stereocenters. The zero-order valence-corrected chi connectivity index (χ0v) is 8.91. The fraction of sp³-hybridized carbons (Fsp3) is 0.100. The van der Waals surface area contributed by atoms with Crippen molar-refractivity contribution in [2.45, 2.75) is 6.92 Å². The fourth-order valence-corrected chi connectivity index (χ4v) is 1.15. The molecule has 0 amide bonds. The van der Waals surface area contributed by atoms with Gasteiger partial charge >= 0.3 is 0 Å². The predicted molar refractivity (Wildman–Crippen MR) is 58.9 cm³/mol. The highest BCUT2D eigenvalue weighted by Gasteiger charge is 1.87. The molecule has 0 fully saturated rings. The minimum atomic E-state index is 0.0774. The molecule has 0 bridgehead atoms.